The molecule has 0 N–H and O–H groups in total. The van der Waals surface area contributed by atoms with Crippen molar-refractivity contribution in [2.24, 2.45) is 0 Å². The lowest BCUT2D eigenvalue weighted by Gasteiger charge is -2.26. The van der Waals surface area contributed by atoms with E-state index in [0.717, 1.165) is 31.7 Å². The van der Waals surface area contributed by atoms with E-state index in [1.54, 1.807) is 12.4 Å². The quantitative estimate of drug-likeness (QED) is 0.810. The predicted octanol–water partition coefficient (Wildman–Crippen LogP) is 3.09. The van der Waals surface area contributed by atoms with Gasteiger partial charge >= 0.3 is 0 Å². The molecule has 1 fully saturated rings. The van der Waals surface area contributed by atoms with E-state index in [1.807, 2.05) is 17.0 Å². The summed E-state index contributed by atoms with van der Waals surface area (Å²) >= 11 is 0. The van der Waals surface area contributed by atoms with Gasteiger partial charge in [0.1, 0.15) is 0 Å². The van der Waals surface area contributed by atoms with Gasteiger partial charge in [-0.05, 0) is 50.6 Å². The minimum absolute atomic E-state index is 0.265. The summed E-state index contributed by atoms with van der Waals surface area (Å²) in [6, 6.07) is 3.96. The molecule has 2 heterocycles. The zero-order chi connectivity index (χ0) is 15.6. The van der Waals surface area contributed by atoms with Crippen molar-refractivity contribution in [3.05, 3.63) is 30.1 Å². The molecule has 122 valence electrons. The molecule has 1 aliphatic heterocycles. The molecule has 0 aromatic carbocycles. The van der Waals surface area contributed by atoms with Gasteiger partial charge in [-0.15, -0.1) is 0 Å². The zero-order valence-electron chi connectivity index (χ0n) is 13.8. The summed E-state index contributed by atoms with van der Waals surface area (Å²) in [5.74, 6) is 0.265. The summed E-state index contributed by atoms with van der Waals surface area (Å²) < 4.78 is 0. The van der Waals surface area contributed by atoms with E-state index in [4.69, 9.17) is 0 Å². The molecule has 0 unspecified atom stereocenters. The van der Waals surface area contributed by atoms with Crippen LogP contribution in [0.25, 0.3) is 0 Å². The fraction of sp³-hybridized carbons (Fsp3) is 0.667. The predicted molar refractivity (Wildman–Crippen MR) is 89.5 cm³/mol. The third-order valence-corrected chi connectivity index (χ3v) is 4.45. The Balaban J connectivity index is 1.78. The molecule has 1 amide bonds. The van der Waals surface area contributed by atoms with Gasteiger partial charge in [0, 0.05) is 38.4 Å². The molecule has 0 radical (unpaired) electrons. The number of nitrogens with zero attached hydrogens (tertiary/aromatic N) is 3. The zero-order valence-corrected chi connectivity index (χ0v) is 13.8. The van der Waals surface area contributed by atoms with E-state index in [2.05, 4.69) is 16.8 Å². The second-order valence-corrected chi connectivity index (χ2v) is 6.12. The van der Waals surface area contributed by atoms with E-state index in [-0.39, 0.29) is 5.91 Å². The highest BCUT2D eigenvalue weighted by Gasteiger charge is 2.15. The molecule has 1 aromatic rings. The van der Waals surface area contributed by atoms with Crippen LogP contribution in [-0.4, -0.2) is 46.9 Å². The molecule has 2 rings (SSSR count). The maximum absolute atomic E-state index is 12.5. The van der Waals surface area contributed by atoms with Crippen LogP contribution in [0.1, 0.15) is 51.0 Å². The lowest BCUT2D eigenvalue weighted by molar-refractivity contribution is -0.132. The van der Waals surface area contributed by atoms with E-state index >= 15 is 0 Å². The highest BCUT2D eigenvalue weighted by Crippen LogP contribution is 2.11. The van der Waals surface area contributed by atoms with Crippen LogP contribution in [-0.2, 0) is 11.3 Å². The van der Waals surface area contributed by atoms with Crippen molar-refractivity contribution >= 4 is 5.91 Å². The van der Waals surface area contributed by atoms with Crippen molar-refractivity contribution in [3.8, 4) is 0 Å². The van der Waals surface area contributed by atoms with Gasteiger partial charge in [0.25, 0.3) is 0 Å². The van der Waals surface area contributed by atoms with Gasteiger partial charge in [0.05, 0.1) is 0 Å². The van der Waals surface area contributed by atoms with Gasteiger partial charge in [-0.2, -0.15) is 0 Å². The summed E-state index contributed by atoms with van der Waals surface area (Å²) in [6.07, 6.45) is 10.8. The number of aromatic nitrogens is 1. The lowest BCUT2D eigenvalue weighted by atomic mass is 10.1. The second kappa shape index (κ2) is 9.57. The van der Waals surface area contributed by atoms with Crippen molar-refractivity contribution < 1.29 is 4.79 Å². The molecule has 1 aromatic heterocycles. The SMILES string of the molecule is CCN(Cc1ccncc1)C(=O)CCN1CCCCCCC1. The number of carbonyl (C=O) groups excluding carboxylic acids is 1. The van der Waals surface area contributed by atoms with Crippen LogP contribution in [0.2, 0.25) is 0 Å². The molecule has 0 saturated carbocycles. The number of pyridine rings is 1. The monoisotopic (exact) mass is 303 g/mol. The lowest BCUT2D eigenvalue weighted by Crippen LogP contribution is -2.35. The molecular weight excluding hydrogens is 274 g/mol. The Morgan fingerprint density at radius 1 is 1.14 bits per heavy atom. The Morgan fingerprint density at radius 2 is 1.77 bits per heavy atom. The highest BCUT2D eigenvalue weighted by molar-refractivity contribution is 5.76. The van der Waals surface area contributed by atoms with Gasteiger partial charge < -0.3 is 9.80 Å². The van der Waals surface area contributed by atoms with Gasteiger partial charge in [0.15, 0.2) is 0 Å². The summed E-state index contributed by atoms with van der Waals surface area (Å²) in [5.41, 5.74) is 1.15. The molecule has 0 bridgehead atoms. The number of hydrogen-bond acceptors (Lipinski definition) is 3. The molecule has 4 heteroatoms. The van der Waals surface area contributed by atoms with Gasteiger partial charge in [0.2, 0.25) is 5.91 Å². The minimum atomic E-state index is 0.265. The molecule has 1 saturated heterocycles. The van der Waals surface area contributed by atoms with Crippen molar-refractivity contribution in [1.82, 2.24) is 14.8 Å². The highest BCUT2D eigenvalue weighted by atomic mass is 16.2. The second-order valence-electron chi connectivity index (χ2n) is 6.12. The van der Waals surface area contributed by atoms with Gasteiger partial charge in [-0.3, -0.25) is 9.78 Å². The smallest absolute Gasteiger partial charge is 0.224 e. The molecule has 1 aliphatic rings. The average Bonchev–Trinajstić information content (AvgIpc) is 2.52. The standard InChI is InChI=1S/C18H29N3O/c1-2-21(16-17-8-11-19-12-9-17)18(22)10-15-20-13-6-4-3-5-7-14-20/h8-9,11-12H,2-7,10,13-16H2,1H3. The Labute approximate surface area is 134 Å². The van der Waals surface area contributed by atoms with E-state index in [1.165, 1.54) is 32.1 Å². The van der Waals surface area contributed by atoms with Crippen molar-refractivity contribution in [2.75, 3.05) is 26.2 Å². The van der Waals surface area contributed by atoms with E-state index < -0.39 is 0 Å². The third-order valence-electron chi connectivity index (χ3n) is 4.45. The largest absolute Gasteiger partial charge is 0.339 e. The van der Waals surface area contributed by atoms with Gasteiger partial charge in [-0.1, -0.05) is 19.3 Å². The van der Waals surface area contributed by atoms with E-state index in [0.29, 0.717) is 13.0 Å². The number of carbonyl (C=O) groups is 1. The number of rotatable bonds is 6. The average molecular weight is 303 g/mol. The number of hydrogen-bond donors (Lipinski definition) is 0. The maximum atomic E-state index is 12.5. The molecular formula is C18H29N3O. The normalized spacial score (nSPS) is 16.8. The molecule has 0 spiro atoms. The van der Waals surface area contributed by atoms with Crippen LogP contribution in [0.5, 0.6) is 0 Å². The molecule has 0 aliphatic carbocycles. The van der Waals surface area contributed by atoms with Crippen molar-refractivity contribution in [3.63, 3.8) is 0 Å². The first-order valence-electron chi connectivity index (χ1n) is 8.68. The van der Waals surface area contributed by atoms with Crippen LogP contribution in [0, 0.1) is 0 Å². The molecule has 22 heavy (non-hydrogen) atoms. The van der Waals surface area contributed by atoms with Crippen molar-refractivity contribution in [2.45, 2.75) is 52.0 Å². The summed E-state index contributed by atoms with van der Waals surface area (Å²) in [4.78, 5) is 20.9. The summed E-state index contributed by atoms with van der Waals surface area (Å²) in [6.45, 7) is 6.73. The topological polar surface area (TPSA) is 36.4 Å². The van der Waals surface area contributed by atoms with Crippen LogP contribution >= 0.6 is 0 Å². The van der Waals surface area contributed by atoms with Gasteiger partial charge in [-0.25, -0.2) is 0 Å². The van der Waals surface area contributed by atoms with Crippen molar-refractivity contribution in [1.29, 1.82) is 0 Å². The Hall–Kier alpha value is -1.42. The number of amides is 1. The van der Waals surface area contributed by atoms with Crippen LogP contribution < -0.4 is 0 Å². The molecule has 0 atom stereocenters. The first-order chi connectivity index (χ1) is 10.8. The summed E-state index contributed by atoms with van der Waals surface area (Å²) in [5, 5.41) is 0. The number of likely N-dealkylation sites (tertiary alicyclic amines) is 1. The molecule has 4 nitrogen and oxygen atoms in total. The minimum Gasteiger partial charge on any atom is -0.339 e. The summed E-state index contributed by atoms with van der Waals surface area (Å²) in [7, 11) is 0. The van der Waals surface area contributed by atoms with Crippen LogP contribution in [0.3, 0.4) is 0 Å². The van der Waals surface area contributed by atoms with Crippen LogP contribution in [0.15, 0.2) is 24.5 Å². The Bertz CT molecular complexity index is 427. The first-order valence-corrected chi connectivity index (χ1v) is 8.68. The van der Waals surface area contributed by atoms with Crippen LogP contribution in [0.4, 0.5) is 0 Å². The first kappa shape index (κ1) is 16.9. The Morgan fingerprint density at radius 3 is 2.41 bits per heavy atom. The van der Waals surface area contributed by atoms with E-state index in [9.17, 15) is 4.79 Å². The Kier molecular flexibility index (Phi) is 7.37. The third kappa shape index (κ3) is 5.76. The fourth-order valence-electron chi connectivity index (χ4n) is 3.03. The fourth-order valence-corrected chi connectivity index (χ4v) is 3.03. The maximum Gasteiger partial charge on any atom is 0.224 e.